The molecule has 4 heteroatoms. The second-order valence-electron chi connectivity index (χ2n) is 2.60. The van der Waals surface area contributed by atoms with Crippen LogP contribution in [-0.2, 0) is 9.53 Å². The van der Waals surface area contributed by atoms with Crippen LogP contribution in [-0.4, -0.2) is 23.8 Å². The standard InChI is InChI=1S/C7H9NO2S/c1-5-2-3-10-6(5)7(9)8-4-11/h5-6H,2-3H2,1H3. The van der Waals surface area contributed by atoms with Crippen LogP contribution >= 0.6 is 12.2 Å². The predicted molar refractivity (Wildman–Crippen MR) is 43.6 cm³/mol. The summed E-state index contributed by atoms with van der Waals surface area (Å²) < 4.78 is 5.15. The SMILES string of the molecule is CC1CCOC1C(=O)N=C=S. The Bertz CT molecular complexity index is 210. The van der Waals surface area contributed by atoms with Crippen molar-refractivity contribution in [2.24, 2.45) is 10.9 Å². The topological polar surface area (TPSA) is 38.7 Å². The Morgan fingerprint density at radius 3 is 3.00 bits per heavy atom. The van der Waals surface area contributed by atoms with Gasteiger partial charge in [0.1, 0.15) is 6.10 Å². The van der Waals surface area contributed by atoms with Gasteiger partial charge in [-0.2, -0.15) is 4.99 Å². The Labute approximate surface area is 70.5 Å². The van der Waals surface area contributed by atoms with Crippen molar-refractivity contribution in [3.8, 4) is 0 Å². The molecule has 0 aromatic rings. The number of nitrogens with zero attached hydrogens (tertiary/aromatic N) is 1. The molecular weight excluding hydrogens is 162 g/mol. The van der Waals surface area contributed by atoms with Crippen molar-refractivity contribution >= 4 is 23.3 Å². The van der Waals surface area contributed by atoms with Crippen LogP contribution in [0.3, 0.4) is 0 Å². The number of ether oxygens (including phenoxy) is 1. The number of amides is 1. The molecule has 1 fully saturated rings. The minimum absolute atomic E-state index is 0.259. The molecule has 0 saturated carbocycles. The molecule has 0 aliphatic carbocycles. The van der Waals surface area contributed by atoms with Gasteiger partial charge in [-0.15, -0.1) is 0 Å². The second-order valence-corrected chi connectivity index (χ2v) is 2.78. The highest BCUT2D eigenvalue weighted by Crippen LogP contribution is 2.20. The van der Waals surface area contributed by atoms with E-state index in [1.54, 1.807) is 0 Å². The molecule has 1 saturated heterocycles. The molecule has 1 aliphatic rings. The summed E-state index contributed by atoms with van der Waals surface area (Å²) in [6, 6.07) is 0. The van der Waals surface area contributed by atoms with E-state index in [2.05, 4.69) is 17.2 Å². The largest absolute Gasteiger partial charge is 0.368 e. The molecule has 3 nitrogen and oxygen atoms in total. The lowest BCUT2D eigenvalue weighted by molar-refractivity contribution is -0.127. The Hall–Kier alpha value is -0.570. The first-order valence-corrected chi connectivity index (χ1v) is 3.90. The number of aliphatic imine (C=N–C) groups is 1. The summed E-state index contributed by atoms with van der Waals surface area (Å²) in [4.78, 5) is 14.4. The lowest BCUT2D eigenvalue weighted by Gasteiger charge is -2.07. The van der Waals surface area contributed by atoms with E-state index >= 15 is 0 Å². The fourth-order valence-electron chi connectivity index (χ4n) is 1.12. The van der Waals surface area contributed by atoms with Crippen molar-refractivity contribution < 1.29 is 9.53 Å². The first-order chi connectivity index (χ1) is 5.25. The van der Waals surface area contributed by atoms with Gasteiger partial charge in [-0.05, 0) is 24.6 Å². The molecule has 2 unspecified atom stereocenters. The first-order valence-electron chi connectivity index (χ1n) is 3.49. The Morgan fingerprint density at radius 1 is 1.82 bits per heavy atom. The molecule has 11 heavy (non-hydrogen) atoms. The van der Waals surface area contributed by atoms with E-state index in [0.29, 0.717) is 6.61 Å². The van der Waals surface area contributed by atoms with Gasteiger partial charge in [-0.1, -0.05) is 6.92 Å². The van der Waals surface area contributed by atoms with Crippen molar-refractivity contribution in [3.05, 3.63) is 0 Å². The normalized spacial score (nSPS) is 29.5. The molecule has 1 aliphatic heterocycles. The Balaban J connectivity index is 2.59. The summed E-state index contributed by atoms with van der Waals surface area (Å²) in [6.07, 6.45) is 0.536. The van der Waals surface area contributed by atoms with Crippen molar-refractivity contribution in [2.45, 2.75) is 19.4 Å². The van der Waals surface area contributed by atoms with Gasteiger partial charge in [0, 0.05) is 6.61 Å². The summed E-state index contributed by atoms with van der Waals surface area (Å²) >= 11 is 4.31. The van der Waals surface area contributed by atoms with E-state index < -0.39 is 0 Å². The third kappa shape index (κ3) is 1.93. The molecule has 0 radical (unpaired) electrons. The number of hydrogen-bond acceptors (Lipinski definition) is 3. The van der Waals surface area contributed by atoms with Gasteiger partial charge >= 0.3 is 0 Å². The van der Waals surface area contributed by atoms with Crippen LogP contribution in [0.25, 0.3) is 0 Å². The van der Waals surface area contributed by atoms with Gasteiger partial charge in [0.2, 0.25) is 0 Å². The maximum Gasteiger partial charge on any atom is 0.283 e. The number of rotatable bonds is 1. The average Bonchev–Trinajstić information content (AvgIpc) is 2.36. The fraction of sp³-hybridized carbons (Fsp3) is 0.714. The van der Waals surface area contributed by atoms with E-state index in [4.69, 9.17) is 4.74 Å². The lowest BCUT2D eigenvalue weighted by Crippen LogP contribution is -2.22. The summed E-state index contributed by atoms with van der Waals surface area (Å²) in [7, 11) is 0. The van der Waals surface area contributed by atoms with Crippen LogP contribution in [0.4, 0.5) is 0 Å². The molecule has 0 bridgehead atoms. The van der Waals surface area contributed by atoms with Gasteiger partial charge < -0.3 is 4.74 Å². The van der Waals surface area contributed by atoms with Gasteiger partial charge in [0.05, 0.1) is 5.16 Å². The zero-order valence-corrected chi connectivity index (χ0v) is 7.06. The van der Waals surface area contributed by atoms with Crippen LogP contribution in [0.5, 0.6) is 0 Å². The third-order valence-electron chi connectivity index (χ3n) is 1.79. The number of isothiocyanates is 1. The highest BCUT2D eigenvalue weighted by Gasteiger charge is 2.30. The van der Waals surface area contributed by atoms with Gasteiger partial charge in [-0.25, -0.2) is 0 Å². The quantitative estimate of drug-likeness (QED) is 0.437. The maximum absolute atomic E-state index is 11.0. The fourth-order valence-corrected chi connectivity index (χ4v) is 1.21. The molecule has 60 valence electrons. The maximum atomic E-state index is 11.0. The molecule has 0 aromatic heterocycles. The van der Waals surface area contributed by atoms with E-state index in [-0.39, 0.29) is 17.9 Å². The smallest absolute Gasteiger partial charge is 0.283 e. The Morgan fingerprint density at radius 2 is 2.55 bits per heavy atom. The van der Waals surface area contributed by atoms with Crippen LogP contribution in [0.2, 0.25) is 0 Å². The van der Waals surface area contributed by atoms with Crippen LogP contribution in [0, 0.1) is 5.92 Å². The van der Waals surface area contributed by atoms with Crippen molar-refractivity contribution in [1.29, 1.82) is 0 Å². The van der Waals surface area contributed by atoms with Crippen molar-refractivity contribution in [3.63, 3.8) is 0 Å². The third-order valence-corrected chi connectivity index (χ3v) is 1.88. The van der Waals surface area contributed by atoms with E-state index in [9.17, 15) is 4.79 Å². The Kier molecular flexibility index (Phi) is 2.88. The monoisotopic (exact) mass is 171 g/mol. The van der Waals surface area contributed by atoms with E-state index in [0.717, 1.165) is 6.42 Å². The van der Waals surface area contributed by atoms with Crippen LogP contribution in [0.1, 0.15) is 13.3 Å². The second kappa shape index (κ2) is 3.72. The summed E-state index contributed by atoms with van der Waals surface area (Å²) in [5.74, 6) is -0.0420. The van der Waals surface area contributed by atoms with Gasteiger partial charge in [0.25, 0.3) is 5.91 Å². The minimum Gasteiger partial charge on any atom is -0.368 e. The van der Waals surface area contributed by atoms with Gasteiger partial charge in [0.15, 0.2) is 0 Å². The molecule has 0 aromatic carbocycles. The summed E-state index contributed by atoms with van der Waals surface area (Å²) in [5, 5.41) is 2.04. The number of hydrogen-bond donors (Lipinski definition) is 0. The molecule has 0 N–H and O–H groups in total. The van der Waals surface area contributed by atoms with Gasteiger partial charge in [-0.3, -0.25) is 4.79 Å². The zero-order chi connectivity index (χ0) is 8.27. The van der Waals surface area contributed by atoms with Crippen LogP contribution in [0.15, 0.2) is 4.99 Å². The van der Waals surface area contributed by atoms with Crippen molar-refractivity contribution in [1.82, 2.24) is 0 Å². The van der Waals surface area contributed by atoms with Crippen LogP contribution < -0.4 is 0 Å². The molecular formula is C7H9NO2S. The zero-order valence-electron chi connectivity index (χ0n) is 6.24. The number of carbonyl (C=O) groups excluding carboxylic acids is 1. The molecule has 1 rings (SSSR count). The summed E-state index contributed by atoms with van der Waals surface area (Å²) in [6.45, 7) is 2.61. The van der Waals surface area contributed by atoms with Crippen molar-refractivity contribution in [2.75, 3.05) is 6.61 Å². The lowest BCUT2D eigenvalue weighted by atomic mass is 10.0. The highest BCUT2D eigenvalue weighted by atomic mass is 32.1. The predicted octanol–water partition coefficient (Wildman–Crippen LogP) is 1.04. The molecule has 2 atom stereocenters. The van der Waals surface area contributed by atoms with E-state index in [1.165, 1.54) is 0 Å². The number of thiocarbonyl (C=S) groups is 1. The highest BCUT2D eigenvalue weighted by molar-refractivity contribution is 7.78. The summed E-state index contributed by atoms with van der Waals surface area (Å²) in [5.41, 5.74) is 0. The first kappa shape index (κ1) is 8.53. The molecule has 1 heterocycles. The average molecular weight is 171 g/mol. The minimum atomic E-state index is -0.384. The molecule has 0 spiro atoms. The molecule has 1 amide bonds. The van der Waals surface area contributed by atoms with E-state index in [1.807, 2.05) is 12.1 Å². The number of carbonyl (C=O) groups is 1.